The molecule has 0 aliphatic carbocycles. The Morgan fingerprint density at radius 2 is 1.80 bits per heavy atom. The van der Waals surface area contributed by atoms with Crippen LogP contribution in [0.1, 0.15) is 22.8 Å². The fourth-order valence-electron chi connectivity index (χ4n) is 2.01. The molecule has 2 aromatic rings. The standard InChI is InChI=1S/C18H17F2NO4/c1-12(16(22)21-11-13-6-3-2-4-7-13)24-17(23)14-8-5-9-15(10-14)25-18(19)20/h2-10,12,18H,11H2,1H3,(H,21,22). The SMILES string of the molecule is CC(OC(=O)c1cccc(OC(F)F)c1)C(=O)NCc1ccccc1. The van der Waals surface area contributed by atoms with E-state index in [1.807, 2.05) is 30.3 Å². The summed E-state index contributed by atoms with van der Waals surface area (Å²) in [6.07, 6.45) is -1.03. The highest BCUT2D eigenvalue weighted by Gasteiger charge is 2.19. The third kappa shape index (κ3) is 5.87. The summed E-state index contributed by atoms with van der Waals surface area (Å²) in [5, 5.41) is 2.65. The van der Waals surface area contributed by atoms with Gasteiger partial charge in [0.25, 0.3) is 5.91 Å². The van der Waals surface area contributed by atoms with Crippen LogP contribution in [0.4, 0.5) is 8.78 Å². The molecule has 0 radical (unpaired) electrons. The minimum absolute atomic E-state index is 0.0147. The molecule has 0 saturated carbocycles. The van der Waals surface area contributed by atoms with E-state index in [9.17, 15) is 18.4 Å². The number of hydrogen-bond acceptors (Lipinski definition) is 4. The second-order valence-electron chi connectivity index (χ2n) is 5.16. The predicted molar refractivity (Wildman–Crippen MR) is 86.2 cm³/mol. The number of alkyl halides is 2. The molecule has 0 heterocycles. The van der Waals surface area contributed by atoms with Crippen molar-refractivity contribution in [2.24, 2.45) is 0 Å². The Labute approximate surface area is 143 Å². The molecule has 2 rings (SSSR count). The van der Waals surface area contributed by atoms with E-state index in [1.54, 1.807) is 0 Å². The molecular formula is C18H17F2NO4. The van der Waals surface area contributed by atoms with Crippen molar-refractivity contribution >= 4 is 11.9 Å². The van der Waals surface area contributed by atoms with E-state index in [1.165, 1.54) is 25.1 Å². The number of rotatable bonds is 7. The molecule has 5 nitrogen and oxygen atoms in total. The van der Waals surface area contributed by atoms with Crippen molar-refractivity contribution in [1.29, 1.82) is 0 Å². The lowest BCUT2D eigenvalue weighted by Crippen LogP contribution is -2.35. The van der Waals surface area contributed by atoms with Crippen LogP contribution in [0.15, 0.2) is 54.6 Å². The van der Waals surface area contributed by atoms with Crippen molar-refractivity contribution in [3.63, 3.8) is 0 Å². The molecule has 1 amide bonds. The third-order valence-corrected chi connectivity index (χ3v) is 3.26. The Morgan fingerprint density at radius 3 is 2.48 bits per heavy atom. The van der Waals surface area contributed by atoms with E-state index >= 15 is 0 Å². The smallest absolute Gasteiger partial charge is 0.387 e. The Hall–Kier alpha value is -2.96. The number of carbonyl (C=O) groups is 2. The summed E-state index contributed by atoms with van der Waals surface area (Å²) < 4.78 is 33.7. The normalized spacial score (nSPS) is 11.7. The Kier molecular flexibility index (Phi) is 6.45. The van der Waals surface area contributed by atoms with Crippen molar-refractivity contribution in [1.82, 2.24) is 5.32 Å². The first-order valence-corrected chi connectivity index (χ1v) is 7.53. The third-order valence-electron chi connectivity index (χ3n) is 3.26. The highest BCUT2D eigenvalue weighted by atomic mass is 19.3. The molecule has 25 heavy (non-hydrogen) atoms. The van der Waals surface area contributed by atoms with E-state index in [4.69, 9.17) is 4.74 Å². The molecule has 1 atom stereocenters. The molecule has 0 saturated heterocycles. The number of halogens is 2. The van der Waals surface area contributed by atoms with Crippen LogP contribution >= 0.6 is 0 Å². The largest absolute Gasteiger partial charge is 0.449 e. The lowest BCUT2D eigenvalue weighted by molar-refractivity contribution is -0.129. The van der Waals surface area contributed by atoms with Gasteiger partial charge in [-0.05, 0) is 30.7 Å². The minimum atomic E-state index is -2.99. The van der Waals surface area contributed by atoms with Gasteiger partial charge in [0.1, 0.15) is 5.75 Å². The Balaban J connectivity index is 1.89. The lowest BCUT2D eigenvalue weighted by Gasteiger charge is -2.14. The van der Waals surface area contributed by atoms with E-state index < -0.39 is 24.6 Å². The number of nitrogens with one attached hydrogen (secondary N) is 1. The highest BCUT2D eigenvalue weighted by Crippen LogP contribution is 2.17. The van der Waals surface area contributed by atoms with Gasteiger partial charge in [-0.25, -0.2) is 4.79 Å². The first kappa shape index (κ1) is 18.4. The van der Waals surface area contributed by atoms with Crippen molar-refractivity contribution in [2.45, 2.75) is 26.2 Å². The molecule has 0 bridgehead atoms. The van der Waals surface area contributed by atoms with Gasteiger partial charge in [-0.15, -0.1) is 0 Å². The molecule has 2 aromatic carbocycles. The van der Waals surface area contributed by atoms with Crippen molar-refractivity contribution in [3.05, 3.63) is 65.7 Å². The summed E-state index contributed by atoms with van der Waals surface area (Å²) >= 11 is 0. The average Bonchev–Trinajstić information content (AvgIpc) is 2.60. The molecule has 7 heteroatoms. The molecule has 0 fully saturated rings. The fourth-order valence-corrected chi connectivity index (χ4v) is 2.01. The topological polar surface area (TPSA) is 64.6 Å². The van der Waals surface area contributed by atoms with Gasteiger partial charge < -0.3 is 14.8 Å². The monoisotopic (exact) mass is 349 g/mol. The molecule has 0 spiro atoms. The van der Waals surface area contributed by atoms with Crippen LogP contribution in [0.2, 0.25) is 0 Å². The van der Waals surface area contributed by atoms with Crippen LogP contribution in [0.5, 0.6) is 5.75 Å². The van der Waals surface area contributed by atoms with Crippen molar-refractivity contribution < 1.29 is 27.8 Å². The van der Waals surface area contributed by atoms with Crippen molar-refractivity contribution in [3.8, 4) is 5.75 Å². The van der Waals surface area contributed by atoms with Gasteiger partial charge in [-0.3, -0.25) is 4.79 Å². The zero-order chi connectivity index (χ0) is 18.2. The van der Waals surface area contributed by atoms with Crippen molar-refractivity contribution in [2.75, 3.05) is 0 Å². The predicted octanol–water partition coefficient (Wildman–Crippen LogP) is 3.15. The molecule has 0 aromatic heterocycles. The lowest BCUT2D eigenvalue weighted by atomic mass is 10.2. The van der Waals surface area contributed by atoms with Crippen LogP contribution in [-0.2, 0) is 16.1 Å². The van der Waals surface area contributed by atoms with E-state index in [-0.39, 0.29) is 11.3 Å². The number of amides is 1. The molecule has 1 N–H and O–H groups in total. The summed E-state index contributed by atoms with van der Waals surface area (Å²) in [5.74, 6) is -1.43. The Bertz CT molecular complexity index is 722. The maximum absolute atomic E-state index is 12.2. The van der Waals surface area contributed by atoms with E-state index in [0.29, 0.717) is 6.54 Å². The number of ether oxygens (including phenoxy) is 2. The van der Waals surface area contributed by atoms with Crippen LogP contribution in [0.3, 0.4) is 0 Å². The van der Waals surface area contributed by atoms with Gasteiger partial charge in [0.2, 0.25) is 0 Å². The van der Waals surface area contributed by atoms with Gasteiger partial charge in [-0.2, -0.15) is 8.78 Å². The molecular weight excluding hydrogens is 332 g/mol. The fraction of sp³-hybridized carbons (Fsp3) is 0.222. The second-order valence-corrected chi connectivity index (χ2v) is 5.16. The molecule has 1 unspecified atom stereocenters. The van der Waals surface area contributed by atoms with Gasteiger partial charge in [0, 0.05) is 6.54 Å². The zero-order valence-electron chi connectivity index (χ0n) is 13.4. The van der Waals surface area contributed by atoms with E-state index in [0.717, 1.165) is 11.6 Å². The Morgan fingerprint density at radius 1 is 1.08 bits per heavy atom. The first-order valence-electron chi connectivity index (χ1n) is 7.53. The number of hydrogen-bond donors (Lipinski definition) is 1. The average molecular weight is 349 g/mol. The number of esters is 1. The number of carbonyl (C=O) groups excluding carboxylic acids is 2. The van der Waals surface area contributed by atoms with Gasteiger partial charge in [0.05, 0.1) is 5.56 Å². The summed E-state index contributed by atoms with van der Waals surface area (Å²) in [4.78, 5) is 24.0. The quantitative estimate of drug-likeness (QED) is 0.780. The number of benzene rings is 2. The molecule has 0 aliphatic rings. The van der Waals surface area contributed by atoms with E-state index in [2.05, 4.69) is 10.1 Å². The molecule has 0 aliphatic heterocycles. The maximum Gasteiger partial charge on any atom is 0.387 e. The van der Waals surface area contributed by atoms with Crippen LogP contribution in [0, 0.1) is 0 Å². The summed E-state index contributed by atoms with van der Waals surface area (Å²) in [5.41, 5.74) is 0.923. The van der Waals surface area contributed by atoms with Gasteiger partial charge >= 0.3 is 12.6 Å². The van der Waals surface area contributed by atoms with Crippen LogP contribution < -0.4 is 10.1 Å². The first-order chi connectivity index (χ1) is 12.0. The second kappa shape index (κ2) is 8.77. The van der Waals surface area contributed by atoms with Gasteiger partial charge in [0.15, 0.2) is 6.10 Å². The summed E-state index contributed by atoms with van der Waals surface area (Å²) in [6, 6.07) is 14.4. The van der Waals surface area contributed by atoms with Crippen LogP contribution in [0.25, 0.3) is 0 Å². The highest BCUT2D eigenvalue weighted by molar-refractivity contribution is 5.92. The van der Waals surface area contributed by atoms with Crippen LogP contribution in [-0.4, -0.2) is 24.6 Å². The minimum Gasteiger partial charge on any atom is -0.449 e. The molecule has 132 valence electrons. The zero-order valence-corrected chi connectivity index (χ0v) is 13.4. The van der Waals surface area contributed by atoms with Gasteiger partial charge in [-0.1, -0.05) is 36.4 Å². The summed E-state index contributed by atoms with van der Waals surface area (Å²) in [6.45, 7) is -1.26. The summed E-state index contributed by atoms with van der Waals surface area (Å²) in [7, 11) is 0. The maximum atomic E-state index is 12.2.